The maximum Gasteiger partial charge on any atom is 0.164 e. The topological polar surface area (TPSA) is 51.2 Å². The van der Waals surface area contributed by atoms with Crippen LogP contribution in [0.15, 0.2) is 12.2 Å². The van der Waals surface area contributed by atoms with E-state index in [-0.39, 0.29) is 23.8 Å². The summed E-state index contributed by atoms with van der Waals surface area (Å²) in [5.41, 5.74) is -1.44. The van der Waals surface area contributed by atoms with Gasteiger partial charge in [0.15, 0.2) is 22.8 Å². The van der Waals surface area contributed by atoms with Crippen LogP contribution < -0.4 is 0 Å². The van der Waals surface area contributed by atoms with Crippen LogP contribution in [0.25, 0.3) is 0 Å². The normalized spacial score (nSPS) is 15.3. The summed E-state index contributed by atoms with van der Waals surface area (Å²) in [4.78, 5) is 38.2. The van der Waals surface area contributed by atoms with E-state index in [0.717, 1.165) is 38.5 Å². The first-order valence-electron chi connectivity index (χ1n) is 11.9. The highest BCUT2D eigenvalue weighted by Crippen LogP contribution is 2.34. The Morgan fingerprint density at radius 1 is 0.714 bits per heavy atom. The lowest BCUT2D eigenvalue weighted by atomic mass is 9.74. The predicted octanol–water partition coefficient (Wildman–Crippen LogP) is 6.92. The van der Waals surface area contributed by atoms with Gasteiger partial charge in [-0.05, 0) is 12.8 Å². The summed E-state index contributed by atoms with van der Waals surface area (Å²) >= 11 is 0. The van der Waals surface area contributed by atoms with Crippen LogP contribution in [0, 0.1) is 5.41 Å². The predicted molar refractivity (Wildman–Crippen MR) is 116 cm³/mol. The Morgan fingerprint density at radius 2 is 1.11 bits per heavy atom. The Labute approximate surface area is 172 Å². The Morgan fingerprint density at radius 3 is 1.46 bits per heavy atom. The SMILES string of the molecule is CCCCCCCCCC(=O)C1(C(=O)CCCCCCCCC)C=CCC1=O. The zero-order valence-corrected chi connectivity index (χ0v) is 18.4. The Balaban J connectivity index is 2.40. The van der Waals surface area contributed by atoms with Gasteiger partial charge >= 0.3 is 0 Å². The van der Waals surface area contributed by atoms with E-state index in [0.29, 0.717) is 12.8 Å². The van der Waals surface area contributed by atoms with Crippen molar-refractivity contribution in [2.45, 2.75) is 123 Å². The standard InChI is InChI=1S/C25H42O3/c1-3-5-7-9-11-13-15-18-22(26)25(21-17-20-24(25)28)23(27)19-16-14-12-10-8-6-4-2/h17,21H,3-16,18-20H2,1-2H3. The van der Waals surface area contributed by atoms with Gasteiger partial charge in [-0.25, -0.2) is 0 Å². The molecule has 0 bridgehead atoms. The lowest BCUT2D eigenvalue weighted by Gasteiger charge is -2.23. The minimum Gasteiger partial charge on any atom is -0.298 e. The fraction of sp³-hybridized carbons (Fsp3) is 0.800. The van der Waals surface area contributed by atoms with Gasteiger partial charge < -0.3 is 0 Å². The van der Waals surface area contributed by atoms with Crippen molar-refractivity contribution in [2.75, 3.05) is 0 Å². The largest absolute Gasteiger partial charge is 0.298 e. The summed E-state index contributed by atoms with van der Waals surface area (Å²) < 4.78 is 0. The highest BCUT2D eigenvalue weighted by atomic mass is 16.2. The average molecular weight is 391 g/mol. The molecule has 0 fully saturated rings. The highest BCUT2D eigenvalue weighted by Gasteiger charge is 2.49. The lowest BCUT2D eigenvalue weighted by molar-refractivity contribution is -0.144. The first-order valence-corrected chi connectivity index (χ1v) is 11.9. The molecule has 3 nitrogen and oxygen atoms in total. The van der Waals surface area contributed by atoms with Crippen LogP contribution in [0.1, 0.15) is 123 Å². The van der Waals surface area contributed by atoms with E-state index in [1.165, 1.54) is 51.4 Å². The molecule has 0 atom stereocenters. The molecule has 1 rings (SSSR count). The van der Waals surface area contributed by atoms with Gasteiger partial charge in [0, 0.05) is 19.3 Å². The molecule has 0 saturated heterocycles. The van der Waals surface area contributed by atoms with E-state index in [2.05, 4.69) is 13.8 Å². The number of ketones is 3. The molecule has 0 heterocycles. The molecule has 0 radical (unpaired) electrons. The Kier molecular flexibility index (Phi) is 13.0. The fourth-order valence-corrected chi connectivity index (χ4v) is 4.13. The third kappa shape index (κ3) is 8.01. The van der Waals surface area contributed by atoms with Crippen LogP contribution in [0.5, 0.6) is 0 Å². The summed E-state index contributed by atoms with van der Waals surface area (Å²) in [5, 5.41) is 0. The van der Waals surface area contributed by atoms with Gasteiger partial charge in [0.2, 0.25) is 0 Å². The van der Waals surface area contributed by atoms with Crippen LogP contribution in [0.4, 0.5) is 0 Å². The molecule has 1 aliphatic carbocycles. The molecule has 0 saturated carbocycles. The van der Waals surface area contributed by atoms with Gasteiger partial charge in [0.05, 0.1) is 0 Å². The number of hydrogen-bond acceptors (Lipinski definition) is 3. The average Bonchev–Trinajstić information content (AvgIpc) is 3.08. The molecule has 0 aromatic carbocycles. The Bertz CT molecular complexity index is 474. The van der Waals surface area contributed by atoms with E-state index in [1.807, 2.05) is 0 Å². The van der Waals surface area contributed by atoms with Gasteiger partial charge in [0.1, 0.15) is 0 Å². The molecule has 0 unspecified atom stereocenters. The molecular formula is C25H42O3. The highest BCUT2D eigenvalue weighted by molar-refractivity contribution is 6.27. The molecule has 0 aliphatic heterocycles. The molecular weight excluding hydrogens is 348 g/mol. The van der Waals surface area contributed by atoms with E-state index < -0.39 is 5.41 Å². The number of carbonyl (C=O) groups is 3. The van der Waals surface area contributed by atoms with Crippen LogP contribution in [-0.2, 0) is 14.4 Å². The molecule has 0 spiro atoms. The van der Waals surface area contributed by atoms with Crippen molar-refractivity contribution in [1.82, 2.24) is 0 Å². The van der Waals surface area contributed by atoms with E-state index in [1.54, 1.807) is 12.2 Å². The first-order chi connectivity index (χ1) is 13.6. The van der Waals surface area contributed by atoms with Gasteiger partial charge in [-0.15, -0.1) is 0 Å². The summed E-state index contributed by atoms with van der Waals surface area (Å²) in [6.07, 6.45) is 20.1. The van der Waals surface area contributed by atoms with Crippen molar-refractivity contribution in [3.8, 4) is 0 Å². The fourth-order valence-electron chi connectivity index (χ4n) is 4.13. The monoisotopic (exact) mass is 390 g/mol. The van der Waals surface area contributed by atoms with Crippen LogP contribution in [0.3, 0.4) is 0 Å². The van der Waals surface area contributed by atoms with Crippen LogP contribution in [-0.4, -0.2) is 17.3 Å². The quantitative estimate of drug-likeness (QED) is 0.145. The molecule has 28 heavy (non-hydrogen) atoms. The minimum absolute atomic E-state index is 0.159. The second-order valence-corrected chi connectivity index (χ2v) is 8.43. The van der Waals surface area contributed by atoms with Crippen molar-refractivity contribution in [3.05, 3.63) is 12.2 Å². The number of unbranched alkanes of at least 4 members (excludes halogenated alkanes) is 12. The lowest BCUT2D eigenvalue weighted by Crippen LogP contribution is -2.42. The zero-order chi connectivity index (χ0) is 20.7. The van der Waals surface area contributed by atoms with Crippen LogP contribution in [0.2, 0.25) is 0 Å². The van der Waals surface area contributed by atoms with Gasteiger partial charge in [-0.1, -0.05) is 103 Å². The van der Waals surface area contributed by atoms with Gasteiger partial charge in [-0.2, -0.15) is 0 Å². The van der Waals surface area contributed by atoms with Crippen molar-refractivity contribution >= 4 is 17.3 Å². The molecule has 160 valence electrons. The number of carbonyl (C=O) groups excluding carboxylic acids is 3. The second kappa shape index (κ2) is 14.7. The maximum atomic E-state index is 12.9. The molecule has 1 aliphatic rings. The van der Waals surface area contributed by atoms with E-state index in [9.17, 15) is 14.4 Å². The zero-order valence-electron chi connectivity index (χ0n) is 18.4. The minimum atomic E-state index is -1.44. The second-order valence-electron chi connectivity index (χ2n) is 8.43. The third-order valence-electron chi connectivity index (χ3n) is 6.01. The number of Topliss-reactive ketones (excluding diaryl/α,β-unsaturated/α-hetero) is 3. The van der Waals surface area contributed by atoms with Crippen molar-refractivity contribution in [3.63, 3.8) is 0 Å². The van der Waals surface area contributed by atoms with Crippen molar-refractivity contribution in [1.29, 1.82) is 0 Å². The third-order valence-corrected chi connectivity index (χ3v) is 6.01. The first kappa shape index (κ1) is 24.8. The summed E-state index contributed by atoms with van der Waals surface area (Å²) in [7, 11) is 0. The number of allylic oxidation sites excluding steroid dienone is 2. The maximum absolute atomic E-state index is 12.9. The summed E-state index contributed by atoms with van der Waals surface area (Å²) in [6, 6.07) is 0. The Hall–Kier alpha value is -1.25. The smallest absolute Gasteiger partial charge is 0.164 e. The van der Waals surface area contributed by atoms with Gasteiger partial charge in [0.25, 0.3) is 0 Å². The molecule has 0 N–H and O–H groups in total. The van der Waals surface area contributed by atoms with Crippen LogP contribution >= 0.6 is 0 Å². The molecule has 0 aromatic rings. The summed E-state index contributed by atoms with van der Waals surface area (Å²) in [5.74, 6) is -0.520. The molecule has 3 heteroatoms. The van der Waals surface area contributed by atoms with Gasteiger partial charge in [-0.3, -0.25) is 14.4 Å². The molecule has 0 aromatic heterocycles. The molecule has 0 amide bonds. The van der Waals surface area contributed by atoms with E-state index >= 15 is 0 Å². The summed E-state index contributed by atoms with van der Waals surface area (Å²) in [6.45, 7) is 4.40. The van der Waals surface area contributed by atoms with E-state index in [4.69, 9.17) is 0 Å². The number of hydrogen-bond donors (Lipinski definition) is 0. The van der Waals surface area contributed by atoms with Crippen molar-refractivity contribution in [2.24, 2.45) is 5.41 Å². The van der Waals surface area contributed by atoms with Crippen molar-refractivity contribution < 1.29 is 14.4 Å². The number of rotatable bonds is 18.